The first kappa shape index (κ1) is 48.0. The summed E-state index contributed by atoms with van der Waals surface area (Å²) in [6, 6.07) is 28.2. The molecular weight excluding hydrogens is 897 g/mol. The van der Waals surface area contributed by atoms with Crippen LogP contribution in [0.3, 0.4) is 0 Å². The molecule has 5 aliphatic rings. The molecule has 4 aliphatic carbocycles. The van der Waals surface area contributed by atoms with Crippen molar-refractivity contribution in [1.82, 2.24) is 5.32 Å². The van der Waals surface area contributed by atoms with Gasteiger partial charge in [0.2, 0.25) is 0 Å². The van der Waals surface area contributed by atoms with Crippen molar-refractivity contribution >= 4 is 72.9 Å². The molecule has 0 saturated heterocycles. The van der Waals surface area contributed by atoms with Crippen molar-refractivity contribution in [3.8, 4) is 11.1 Å². The molecule has 1 aliphatic heterocycles. The Bertz CT molecular complexity index is 3300. The van der Waals surface area contributed by atoms with Crippen LogP contribution in [-0.2, 0) is 6.42 Å². The largest absolute Gasteiger partial charge is 0.360 e. The fourth-order valence-corrected chi connectivity index (χ4v) is 13.2. The Labute approximate surface area is 429 Å². The van der Waals surface area contributed by atoms with Crippen LogP contribution in [0.4, 0.5) is 11.4 Å². The lowest BCUT2D eigenvalue weighted by Gasteiger charge is -2.32. The molecule has 4 aromatic carbocycles. The first-order valence-electron chi connectivity index (χ1n) is 25.3. The lowest BCUT2D eigenvalue weighted by atomic mass is 9.86. The van der Waals surface area contributed by atoms with Crippen LogP contribution in [0.2, 0.25) is 0 Å². The highest BCUT2D eigenvalue weighted by Gasteiger charge is 2.29. The van der Waals surface area contributed by atoms with Crippen LogP contribution in [0.15, 0.2) is 220 Å². The SMILES string of the molecule is [B]c1ccc(N(C2=C/C(=C/Nc3ccc(-c4ccccc4)cc3C)Sc3c(cc4c5c([pH]c4c3C(/C(=C\C=C)NC3=CC=C(C(C)C)CC3C)=C3\C=CC=CC3)CCC=C5)C=C2)C2=CC=C(C)CC2)cc1. The Morgan fingerprint density at radius 1 is 0.873 bits per heavy atom. The van der Waals surface area contributed by atoms with E-state index in [0.29, 0.717) is 20.0 Å². The number of anilines is 2. The molecule has 0 saturated carbocycles. The summed E-state index contributed by atoms with van der Waals surface area (Å²) in [5.74, 6) is 0.861. The second kappa shape index (κ2) is 21.4. The van der Waals surface area contributed by atoms with Crippen molar-refractivity contribution in [3.05, 3.63) is 243 Å². The van der Waals surface area contributed by atoms with E-state index in [4.69, 9.17) is 7.85 Å². The van der Waals surface area contributed by atoms with E-state index >= 15 is 0 Å². The number of benzene rings is 4. The van der Waals surface area contributed by atoms with Crippen LogP contribution in [-0.4, -0.2) is 7.85 Å². The molecule has 2 heterocycles. The van der Waals surface area contributed by atoms with Gasteiger partial charge in [-0.3, -0.25) is 0 Å². The van der Waals surface area contributed by atoms with E-state index in [1.54, 1.807) is 5.30 Å². The molecule has 0 spiro atoms. The summed E-state index contributed by atoms with van der Waals surface area (Å²) in [4.78, 5) is 4.78. The van der Waals surface area contributed by atoms with Gasteiger partial charge in [-0.05, 0) is 169 Å². The summed E-state index contributed by atoms with van der Waals surface area (Å²) in [6.07, 6.45) is 42.5. The number of aryl methyl sites for hydroxylation is 2. The number of nitrogens with one attached hydrogen (secondary N) is 2. The molecule has 6 heteroatoms. The molecule has 352 valence electrons. The highest BCUT2D eigenvalue weighted by Crippen LogP contribution is 2.52. The van der Waals surface area contributed by atoms with Crippen molar-refractivity contribution in [2.24, 2.45) is 11.8 Å². The molecule has 0 bridgehead atoms. The smallest absolute Gasteiger partial charge is 0.113 e. The number of rotatable bonds is 12. The molecule has 0 amide bonds. The number of thioether (sulfide) groups is 1. The first-order chi connectivity index (χ1) is 34.6. The fourth-order valence-electron chi connectivity index (χ4n) is 10.3. The average Bonchev–Trinajstić information content (AvgIpc) is 3.75. The quantitative estimate of drug-likeness (QED) is 0.0962. The Morgan fingerprint density at radius 2 is 1.72 bits per heavy atom. The Balaban J connectivity index is 1.20. The molecule has 5 aromatic rings. The van der Waals surface area contributed by atoms with Crippen LogP contribution in [0.1, 0.15) is 87.3 Å². The minimum Gasteiger partial charge on any atom is -0.360 e. The zero-order valence-electron chi connectivity index (χ0n) is 41.8. The number of fused-ring (bicyclic) bond motifs is 4. The van der Waals surface area contributed by atoms with Gasteiger partial charge >= 0.3 is 0 Å². The van der Waals surface area contributed by atoms with Crippen LogP contribution in [0.25, 0.3) is 39.4 Å². The molecule has 71 heavy (non-hydrogen) atoms. The Kier molecular flexibility index (Phi) is 14.5. The van der Waals surface area contributed by atoms with Crippen molar-refractivity contribution < 1.29 is 0 Å². The van der Waals surface area contributed by atoms with Gasteiger partial charge in [-0.2, -0.15) is 0 Å². The minimum atomic E-state index is 0.344. The van der Waals surface area contributed by atoms with E-state index in [0.717, 1.165) is 71.7 Å². The topological polar surface area (TPSA) is 27.3 Å². The van der Waals surface area contributed by atoms with Gasteiger partial charge in [0.25, 0.3) is 0 Å². The van der Waals surface area contributed by atoms with Crippen molar-refractivity contribution in [2.45, 2.75) is 78.0 Å². The van der Waals surface area contributed by atoms with Gasteiger partial charge in [0.05, 0.1) is 0 Å². The second-order valence-electron chi connectivity index (χ2n) is 19.7. The number of nitrogens with zero attached hydrogens (tertiary/aromatic N) is 1. The standard InChI is InChI=1S/C65H63BN3PS/c1-7-16-60(68-59-36-26-48(42(2)3)37-45(59)6)62(47-19-12-9-13-20-47)63-64-57(56-21-14-15-22-61(56)70-64)39-50-25-32-54(69(52-30-23-43(4)24-31-52)53-33-28-51(66)29-34-53)40-55(71-65(50)63)41-67-58-35-27-49(38-44(58)5)46-17-10-8-11-18-46/h7-14,16-19,21,23,25-30,32-36,38-42,45,67-68,70H,1,15,20,22,24,31,37H2,2-6H3/b32-25?,54-40?,55-41-,60-16+,62-47+. The summed E-state index contributed by atoms with van der Waals surface area (Å²) in [5.41, 5.74) is 20.5. The summed E-state index contributed by atoms with van der Waals surface area (Å²) in [5, 5.41) is 12.3. The highest BCUT2D eigenvalue weighted by molar-refractivity contribution is 8.03. The average molecular weight is 960 g/mol. The third-order valence-electron chi connectivity index (χ3n) is 14.3. The summed E-state index contributed by atoms with van der Waals surface area (Å²) >= 11 is 1.87. The zero-order valence-corrected chi connectivity index (χ0v) is 43.6. The van der Waals surface area contributed by atoms with Crippen LogP contribution >= 0.6 is 20.0 Å². The fraction of sp³-hybridized carbons (Fsp3) is 0.200. The van der Waals surface area contributed by atoms with Crippen molar-refractivity contribution in [2.75, 3.05) is 10.2 Å². The van der Waals surface area contributed by atoms with Gasteiger partial charge in [0.1, 0.15) is 7.85 Å². The minimum absolute atomic E-state index is 0.344. The summed E-state index contributed by atoms with van der Waals surface area (Å²) in [6.45, 7) is 15.7. The van der Waals surface area contributed by atoms with E-state index < -0.39 is 0 Å². The molecule has 3 nitrogen and oxygen atoms in total. The normalized spacial score (nSPS) is 19.1. The van der Waals surface area contributed by atoms with Gasteiger partial charge in [-0.15, -0.1) is 8.19 Å². The predicted octanol–water partition coefficient (Wildman–Crippen LogP) is 17.1. The van der Waals surface area contributed by atoms with E-state index in [9.17, 15) is 0 Å². The van der Waals surface area contributed by atoms with Gasteiger partial charge in [0, 0.05) is 66.4 Å². The second-order valence-corrected chi connectivity index (χ2v) is 22.1. The van der Waals surface area contributed by atoms with Crippen molar-refractivity contribution in [3.63, 3.8) is 0 Å². The maximum absolute atomic E-state index is 6.34. The Morgan fingerprint density at radius 3 is 2.45 bits per heavy atom. The van der Waals surface area contributed by atoms with Gasteiger partial charge in [-0.25, -0.2) is 0 Å². The van der Waals surface area contributed by atoms with Crippen LogP contribution < -0.4 is 21.0 Å². The van der Waals surface area contributed by atoms with E-state index in [2.05, 4.69) is 215 Å². The van der Waals surface area contributed by atoms with E-state index in [1.165, 1.54) is 82.5 Å². The molecular formula is C65H63BN3PS. The monoisotopic (exact) mass is 959 g/mol. The van der Waals surface area contributed by atoms with Crippen LogP contribution in [0.5, 0.6) is 0 Å². The molecule has 10 rings (SSSR count). The zero-order chi connectivity index (χ0) is 49.0. The third-order valence-corrected chi connectivity index (χ3v) is 17.0. The third kappa shape index (κ3) is 10.4. The number of hydrogen-bond donors (Lipinski definition) is 2. The lowest BCUT2D eigenvalue weighted by molar-refractivity contribution is 0.573. The van der Waals surface area contributed by atoms with Crippen molar-refractivity contribution in [1.29, 1.82) is 0 Å². The maximum Gasteiger partial charge on any atom is 0.113 e. The number of allylic oxidation sites excluding steroid dienone is 19. The molecule has 2 atom stereocenters. The highest BCUT2D eigenvalue weighted by atomic mass is 32.2. The van der Waals surface area contributed by atoms with E-state index in [1.807, 2.05) is 30.0 Å². The molecule has 2 unspecified atom stereocenters. The summed E-state index contributed by atoms with van der Waals surface area (Å²) in [7, 11) is 6.92. The molecule has 0 fully saturated rings. The Hall–Kier alpha value is -6.65. The maximum atomic E-state index is 6.34. The number of hydrogen-bond acceptors (Lipinski definition) is 4. The van der Waals surface area contributed by atoms with E-state index in [-0.39, 0.29) is 0 Å². The van der Waals surface area contributed by atoms with Gasteiger partial charge < -0.3 is 15.5 Å². The first-order valence-corrected chi connectivity index (χ1v) is 27.1. The van der Waals surface area contributed by atoms with Gasteiger partial charge in [0.15, 0.2) is 0 Å². The van der Waals surface area contributed by atoms with Crippen LogP contribution in [0, 0.1) is 18.8 Å². The molecule has 2 N–H and O–H groups in total. The molecule has 1 aromatic heterocycles. The van der Waals surface area contributed by atoms with Gasteiger partial charge in [-0.1, -0.05) is 165 Å². The lowest BCUT2D eigenvalue weighted by Crippen LogP contribution is -2.23. The summed E-state index contributed by atoms with van der Waals surface area (Å²) < 4.78 is 0. The predicted molar refractivity (Wildman–Crippen MR) is 313 cm³/mol. The molecule has 2 radical (unpaired) electrons.